The van der Waals surface area contributed by atoms with E-state index in [-0.39, 0.29) is 5.97 Å². The van der Waals surface area contributed by atoms with Gasteiger partial charge in [0, 0.05) is 13.1 Å². The molecule has 0 aliphatic carbocycles. The van der Waals surface area contributed by atoms with Crippen molar-refractivity contribution in [1.29, 1.82) is 0 Å². The molecule has 0 saturated carbocycles. The van der Waals surface area contributed by atoms with Gasteiger partial charge in [-0.15, -0.1) is 0 Å². The lowest BCUT2D eigenvalue weighted by atomic mass is 9.93. The number of benzene rings is 1. The van der Waals surface area contributed by atoms with Crippen LogP contribution in [-0.2, 0) is 14.3 Å². The van der Waals surface area contributed by atoms with Crippen molar-refractivity contribution in [2.75, 3.05) is 32.9 Å². The fourth-order valence-electron chi connectivity index (χ4n) is 3.80. The van der Waals surface area contributed by atoms with Gasteiger partial charge in [-0.05, 0) is 19.4 Å². The van der Waals surface area contributed by atoms with E-state index in [1.54, 1.807) is 13.3 Å². The summed E-state index contributed by atoms with van der Waals surface area (Å²) >= 11 is 0. The van der Waals surface area contributed by atoms with Crippen LogP contribution >= 0.6 is 0 Å². The monoisotopic (exact) mass is 395 g/mol. The molecule has 0 radical (unpaired) electrons. The third-order valence-corrected chi connectivity index (χ3v) is 5.17. The number of rotatable bonds is 4. The van der Waals surface area contributed by atoms with E-state index in [4.69, 9.17) is 15.2 Å². The summed E-state index contributed by atoms with van der Waals surface area (Å²) in [6, 6.07) is 9.38. The van der Waals surface area contributed by atoms with Crippen LogP contribution in [0, 0.1) is 0 Å². The van der Waals surface area contributed by atoms with Gasteiger partial charge < -0.3 is 25.0 Å². The predicted molar refractivity (Wildman–Crippen MR) is 110 cm³/mol. The molecule has 3 aliphatic rings. The maximum absolute atomic E-state index is 12.8. The number of morpholine rings is 1. The largest absolute Gasteiger partial charge is 0.463 e. The fraction of sp³-hybridized carbons (Fsp3) is 0.381. The summed E-state index contributed by atoms with van der Waals surface area (Å²) in [6.45, 7) is 6.64. The van der Waals surface area contributed by atoms with Gasteiger partial charge in [-0.25, -0.2) is 14.8 Å². The minimum Gasteiger partial charge on any atom is -0.463 e. The predicted octanol–water partition coefficient (Wildman–Crippen LogP) is 1.78. The standard InChI is InChI=1S/C21H25N5O3/c1-3-29-21(27)16-14(2)24-20-17(22)19(25-9-11-28-12-10-25)23-13-26(20)18(16)15-7-5-4-6-8-15/h4-8,13,18H,3,9-12,22H2,1-2H3. The average Bonchev–Trinajstić information content (AvgIpc) is 2.75. The van der Waals surface area contributed by atoms with Gasteiger partial charge in [-0.1, -0.05) is 30.3 Å². The summed E-state index contributed by atoms with van der Waals surface area (Å²) < 4.78 is 10.8. The first-order valence-electron chi connectivity index (χ1n) is 9.78. The van der Waals surface area contributed by atoms with Gasteiger partial charge in [-0.2, -0.15) is 0 Å². The number of esters is 1. The van der Waals surface area contributed by atoms with Crippen LogP contribution in [0.25, 0.3) is 0 Å². The highest BCUT2D eigenvalue weighted by atomic mass is 16.5. The molecule has 0 amide bonds. The number of amidine groups is 1. The molecule has 8 nitrogen and oxygen atoms in total. The molecular weight excluding hydrogens is 370 g/mol. The van der Waals surface area contributed by atoms with E-state index in [0.717, 1.165) is 18.7 Å². The SMILES string of the molecule is CCOC(=O)C1=C(C)N=C2C(N)=C(N3CCOCC3)N=CN2C1c1ccccc1. The van der Waals surface area contributed by atoms with Crippen molar-refractivity contribution >= 4 is 18.1 Å². The Morgan fingerprint density at radius 3 is 2.69 bits per heavy atom. The summed E-state index contributed by atoms with van der Waals surface area (Å²) in [7, 11) is 0. The van der Waals surface area contributed by atoms with Crippen molar-refractivity contribution in [3.05, 3.63) is 58.7 Å². The third-order valence-electron chi connectivity index (χ3n) is 5.17. The highest BCUT2D eigenvalue weighted by Crippen LogP contribution is 2.37. The lowest BCUT2D eigenvalue weighted by Gasteiger charge is -2.39. The Kier molecular flexibility index (Phi) is 5.35. The summed E-state index contributed by atoms with van der Waals surface area (Å²) in [6.07, 6.45) is 1.71. The highest BCUT2D eigenvalue weighted by molar-refractivity contribution is 6.09. The van der Waals surface area contributed by atoms with Crippen molar-refractivity contribution in [3.63, 3.8) is 0 Å². The Morgan fingerprint density at radius 1 is 1.28 bits per heavy atom. The van der Waals surface area contributed by atoms with E-state index >= 15 is 0 Å². The van der Waals surface area contributed by atoms with Gasteiger partial charge >= 0.3 is 5.97 Å². The van der Waals surface area contributed by atoms with Crippen molar-refractivity contribution < 1.29 is 14.3 Å². The van der Waals surface area contributed by atoms with Crippen LogP contribution in [0.2, 0.25) is 0 Å². The maximum atomic E-state index is 12.8. The number of nitrogens with zero attached hydrogens (tertiary/aromatic N) is 4. The van der Waals surface area contributed by atoms with E-state index in [1.165, 1.54) is 0 Å². The Bertz CT molecular complexity index is 914. The molecule has 8 heteroatoms. The van der Waals surface area contributed by atoms with Gasteiger partial charge in [0.15, 0.2) is 11.7 Å². The van der Waals surface area contributed by atoms with Crippen LogP contribution in [-0.4, -0.2) is 60.9 Å². The third kappa shape index (κ3) is 3.51. The van der Waals surface area contributed by atoms with Crippen molar-refractivity contribution in [1.82, 2.24) is 9.80 Å². The van der Waals surface area contributed by atoms with Crippen molar-refractivity contribution in [2.24, 2.45) is 15.7 Å². The first-order valence-corrected chi connectivity index (χ1v) is 9.78. The molecular formula is C21H25N5O3. The number of carbonyl (C=O) groups is 1. The Hall–Kier alpha value is -3.13. The van der Waals surface area contributed by atoms with Crippen molar-refractivity contribution in [2.45, 2.75) is 19.9 Å². The summed E-state index contributed by atoms with van der Waals surface area (Å²) in [5, 5.41) is 0. The maximum Gasteiger partial charge on any atom is 0.338 e. The Morgan fingerprint density at radius 2 is 2.00 bits per heavy atom. The van der Waals surface area contributed by atoms with Crippen LogP contribution in [0.1, 0.15) is 25.5 Å². The zero-order valence-corrected chi connectivity index (χ0v) is 16.7. The van der Waals surface area contributed by atoms with Gasteiger partial charge in [0.05, 0.1) is 43.5 Å². The quantitative estimate of drug-likeness (QED) is 0.782. The van der Waals surface area contributed by atoms with Crippen molar-refractivity contribution in [3.8, 4) is 0 Å². The normalized spacial score (nSPS) is 21.9. The van der Waals surface area contributed by atoms with Crippen LogP contribution < -0.4 is 5.73 Å². The molecule has 4 rings (SSSR count). The molecule has 0 bridgehead atoms. The number of aliphatic imine (C=N–C) groups is 2. The zero-order chi connectivity index (χ0) is 20.4. The molecule has 3 aliphatic heterocycles. The molecule has 1 fully saturated rings. The van der Waals surface area contributed by atoms with E-state index in [0.29, 0.717) is 48.4 Å². The van der Waals surface area contributed by atoms with Gasteiger partial charge in [0.25, 0.3) is 0 Å². The van der Waals surface area contributed by atoms with Crippen LogP contribution in [0.15, 0.2) is 63.1 Å². The van der Waals surface area contributed by atoms with Crippen LogP contribution in [0.5, 0.6) is 0 Å². The molecule has 3 heterocycles. The molecule has 0 aromatic heterocycles. The summed E-state index contributed by atoms with van der Waals surface area (Å²) in [5.41, 5.74) is 9.05. The lowest BCUT2D eigenvalue weighted by molar-refractivity contribution is -0.139. The first-order chi connectivity index (χ1) is 14.1. The van der Waals surface area contributed by atoms with Gasteiger partial charge in [0.1, 0.15) is 5.70 Å². The number of allylic oxidation sites excluding steroid dienone is 1. The number of hydrogen-bond acceptors (Lipinski definition) is 8. The van der Waals surface area contributed by atoms with Gasteiger partial charge in [0.2, 0.25) is 0 Å². The number of hydrogen-bond donors (Lipinski definition) is 1. The Balaban J connectivity index is 1.80. The lowest BCUT2D eigenvalue weighted by Crippen LogP contribution is -2.47. The second-order valence-corrected chi connectivity index (χ2v) is 6.96. The van der Waals surface area contributed by atoms with Crippen LogP contribution in [0.4, 0.5) is 0 Å². The fourth-order valence-corrected chi connectivity index (χ4v) is 3.80. The summed E-state index contributed by atoms with van der Waals surface area (Å²) in [5.74, 6) is 0.917. The molecule has 29 heavy (non-hydrogen) atoms. The first kappa shape index (κ1) is 19.2. The number of fused-ring (bicyclic) bond motifs is 1. The highest BCUT2D eigenvalue weighted by Gasteiger charge is 2.39. The molecule has 1 aromatic carbocycles. The minimum atomic E-state index is -0.406. The molecule has 1 unspecified atom stereocenters. The summed E-state index contributed by atoms with van der Waals surface area (Å²) in [4.78, 5) is 26.0. The van der Waals surface area contributed by atoms with E-state index < -0.39 is 6.04 Å². The number of carbonyl (C=O) groups excluding carboxylic acids is 1. The topological polar surface area (TPSA) is 92.7 Å². The molecule has 1 atom stereocenters. The molecule has 0 spiro atoms. The minimum absolute atomic E-state index is 0.297. The molecule has 1 saturated heterocycles. The van der Waals surface area contributed by atoms with Gasteiger partial charge in [-0.3, -0.25) is 0 Å². The molecule has 152 valence electrons. The zero-order valence-electron chi connectivity index (χ0n) is 16.7. The average molecular weight is 395 g/mol. The second kappa shape index (κ2) is 8.08. The number of ether oxygens (including phenoxy) is 2. The second-order valence-electron chi connectivity index (χ2n) is 6.96. The van der Waals surface area contributed by atoms with E-state index in [1.807, 2.05) is 42.2 Å². The van der Waals surface area contributed by atoms with E-state index in [9.17, 15) is 4.79 Å². The number of nitrogens with two attached hydrogens (primary N) is 1. The van der Waals surface area contributed by atoms with E-state index in [2.05, 4.69) is 14.9 Å². The molecule has 1 aromatic rings. The van der Waals surface area contributed by atoms with Crippen LogP contribution in [0.3, 0.4) is 0 Å². The smallest absolute Gasteiger partial charge is 0.338 e. The molecule has 2 N–H and O–H groups in total. The Labute approximate surface area is 170 Å².